The van der Waals surface area contributed by atoms with Crippen LogP contribution < -0.4 is 10.2 Å². The van der Waals surface area contributed by atoms with Crippen molar-refractivity contribution in [2.24, 2.45) is 0 Å². The molecule has 0 radical (unpaired) electrons. The van der Waals surface area contributed by atoms with Crippen molar-refractivity contribution in [2.45, 2.75) is 25.4 Å². The molecule has 0 saturated heterocycles. The summed E-state index contributed by atoms with van der Waals surface area (Å²) < 4.78 is 0. The van der Waals surface area contributed by atoms with Crippen LogP contribution in [0.5, 0.6) is 0 Å². The van der Waals surface area contributed by atoms with Gasteiger partial charge in [-0.1, -0.05) is 24.3 Å². The highest BCUT2D eigenvalue weighted by Gasteiger charge is 2.29. The Labute approximate surface area is 120 Å². The number of benzene rings is 1. The van der Waals surface area contributed by atoms with Gasteiger partial charge in [0.2, 0.25) is 0 Å². The number of para-hydroxylation sites is 1. The molecule has 0 atom stereocenters. The highest BCUT2D eigenvalue weighted by molar-refractivity contribution is 5.84. The van der Waals surface area contributed by atoms with Crippen LogP contribution in [0.25, 0.3) is 10.9 Å². The summed E-state index contributed by atoms with van der Waals surface area (Å²) in [5.41, 5.74) is 2.38. The van der Waals surface area contributed by atoms with E-state index in [0.29, 0.717) is 6.04 Å². The van der Waals surface area contributed by atoms with Gasteiger partial charge in [0, 0.05) is 24.5 Å². The van der Waals surface area contributed by atoms with Crippen LogP contribution in [0, 0.1) is 0 Å². The van der Waals surface area contributed by atoms with Crippen LogP contribution in [0.15, 0.2) is 43.0 Å². The minimum Gasteiger partial charge on any atom is -0.350 e. The third-order valence-electron chi connectivity index (χ3n) is 3.76. The molecule has 0 amide bonds. The van der Waals surface area contributed by atoms with Crippen molar-refractivity contribution in [3.05, 3.63) is 48.6 Å². The predicted molar refractivity (Wildman–Crippen MR) is 85.1 cm³/mol. The average molecular weight is 267 g/mol. The predicted octanol–water partition coefficient (Wildman–Crippen LogP) is 3.11. The first-order valence-corrected chi connectivity index (χ1v) is 7.24. The Hall–Kier alpha value is -1.87. The van der Waals surface area contributed by atoms with Gasteiger partial charge in [-0.2, -0.15) is 0 Å². The Morgan fingerprint density at radius 3 is 2.90 bits per heavy atom. The molecule has 1 aliphatic carbocycles. The molecule has 0 bridgehead atoms. The number of aromatic nitrogens is 1. The third kappa shape index (κ3) is 2.54. The van der Waals surface area contributed by atoms with E-state index >= 15 is 0 Å². The Morgan fingerprint density at radius 1 is 1.40 bits per heavy atom. The molecule has 1 saturated carbocycles. The van der Waals surface area contributed by atoms with Crippen LogP contribution >= 0.6 is 0 Å². The highest BCUT2D eigenvalue weighted by atomic mass is 15.2. The Bertz CT molecular complexity index is 617. The molecule has 0 unspecified atom stereocenters. The van der Waals surface area contributed by atoms with Gasteiger partial charge in [-0.15, -0.1) is 6.58 Å². The fourth-order valence-corrected chi connectivity index (χ4v) is 2.67. The lowest BCUT2D eigenvalue weighted by atomic mass is 10.1. The average Bonchev–Trinajstić information content (AvgIpc) is 3.29. The highest BCUT2D eigenvalue weighted by Crippen LogP contribution is 2.32. The van der Waals surface area contributed by atoms with Crippen molar-refractivity contribution in [2.75, 3.05) is 18.5 Å². The van der Waals surface area contributed by atoms with E-state index < -0.39 is 0 Å². The van der Waals surface area contributed by atoms with Crippen LogP contribution in [-0.4, -0.2) is 24.6 Å². The molecule has 1 N–H and O–H groups in total. The molecule has 0 aliphatic heterocycles. The number of hydrogen-bond donors (Lipinski definition) is 1. The molecule has 1 heterocycles. The van der Waals surface area contributed by atoms with Crippen molar-refractivity contribution < 1.29 is 0 Å². The first kappa shape index (κ1) is 13.1. The molecule has 1 fully saturated rings. The Kier molecular flexibility index (Phi) is 3.70. The first-order chi connectivity index (χ1) is 9.83. The molecular weight excluding hydrogens is 246 g/mol. The lowest BCUT2D eigenvalue weighted by molar-refractivity contribution is 0.812. The van der Waals surface area contributed by atoms with Gasteiger partial charge in [0.15, 0.2) is 0 Å². The number of pyridine rings is 1. The number of nitrogens with zero attached hydrogens (tertiary/aromatic N) is 2. The summed E-state index contributed by atoms with van der Waals surface area (Å²) in [6.45, 7) is 5.61. The molecule has 0 spiro atoms. The van der Waals surface area contributed by atoms with Crippen molar-refractivity contribution in [1.82, 2.24) is 10.3 Å². The van der Waals surface area contributed by atoms with Crippen LogP contribution in [0.2, 0.25) is 0 Å². The molecule has 2 aromatic rings. The summed E-state index contributed by atoms with van der Waals surface area (Å²) in [7, 11) is 1.98. The van der Waals surface area contributed by atoms with Crippen LogP contribution in [-0.2, 0) is 6.54 Å². The van der Waals surface area contributed by atoms with E-state index in [2.05, 4.69) is 47.1 Å². The molecule has 1 aliphatic rings. The smallest absolute Gasteiger partial charge is 0.130 e. The summed E-state index contributed by atoms with van der Waals surface area (Å²) in [5.74, 6) is 1.08. The van der Waals surface area contributed by atoms with E-state index in [4.69, 9.17) is 4.98 Å². The van der Waals surface area contributed by atoms with E-state index in [1.54, 1.807) is 0 Å². The second-order valence-electron chi connectivity index (χ2n) is 5.36. The minimum atomic E-state index is 0.643. The summed E-state index contributed by atoms with van der Waals surface area (Å²) in [5, 5.41) is 4.49. The van der Waals surface area contributed by atoms with E-state index in [9.17, 15) is 0 Å². The maximum atomic E-state index is 4.85. The zero-order valence-electron chi connectivity index (χ0n) is 12.0. The fraction of sp³-hybridized carbons (Fsp3) is 0.353. The largest absolute Gasteiger partial charge is 0.350 e. The van der Waals surface area contributed by atoms with E-state index in [1.807, 2.05) is 13.1 Å². The SMILES string of the molecule is C=CCN(c1cc(CNC)c2ccccc2n1)C1CC1. The van der Waals surface area contributed by atoms with Crippen LogP contribution in [0.1, 0.15) is 18.4 Å². The van der Waals surface area contributed by atoms with Gasteiger partial charge in [-0.05, 0) is 37.6 Å². The van der Waals surface area contributed by atoms with Crippen LogP contribution in [0.4, 0.5) is 5.82 Å². The summed E-state index contributed by atoms with van der Waals surface area (Å²) in [6, 6.07) is 11.2. The molecule has 3 rings (SSSR count). The lowest BCUT2D eigenvalue weighted by Gasteiger charge is -2.23. The van der Waals surface area contributed by atoms with Gasteiger partial charge in [-0.3, -0.25) is 0 Å². The zero-order chi connectivity index (χ0) is 13.9. The number of rotatable bonds is 6. The quantitative estimate of drug-likeness (QED) is 0.815. The molecule has 3 nitrogen and oxygen atoms in total. The molecule has 3 heteroatoms. The van der Waals surface area contributed by atoms with Crippen molar-refractivity contribution in [1.29, 1.82) is 0 Å². The standard InChI is InChI=1S/C17H21N3/c1-3-10-20(14-8-9-14)17-11-13(12-18-2)15-6-4-5-7-16(15)19-17/h3-7,11,14,18H,1,8-10,12H2,2H3. The number of nitrogens with one attached hydrogen (secondary N) is 1. The van der Waals surface area contributed by atoms with Gasteiger partial charge < -0.3 is 10.2 Å². The summed E-state index contributed by atoms with van der Waals surface area (Å²) >= 11 is 0. The Balaban J connectivity index is 2.07. The molecule has 20 heavy (non-hydrogen) atoms. The van der Waals surface area contributed by atoms with E-state index in [-0.39, 0.29) is 0 Å². The van der Waals surface area contributed by atoms with Crippen molar-refractivity contribution >= 4 is 16.7 Å². The number of hydrogen-bond acceptors (Lipinski definition) is 3. The second kappa shape index (κ2) is 5.63. The number of anilines is 1. The van der Waals surface area contributed by atoms with Gasteiger partial charge >= 0.3 is 0 Å². The van der Waals surface area contributed by atoms with Crippen molar-refractivity contribution in [3.63, 3.8) is 0 Å². The van der Waals surface area contributed by atoms with E-state index in [1.165, 1.54) is 23.8 Å². The van der Waals surface area contributed by atoms with Gasteiger partial charge in [-0.25, -0.2) is 4.98 Å². The van der Waals surface area contributed by atoms with Crippen molar-refractivity contribution in [3.8, 4) is 0 Å². The fourth-order valence-electron chi connectivity index (χ4n) is 2.67. The monoisotopic (exact) mass is 267 g/mol. The molecular formula is C17H21N3. The number of fused-ring (bicyclic) bond motifs is 1. The van der Waals surface area contributed by atoms with Crippen LogP contribution in [0.3, 0.4) is 0 Å². The third-order valence-corrected chi connectivity index (χ3v) is 3.76. The first-order valence-electron chi connectivity index (χ1n) is 7.24. The Morgan fingerprint density at radius 2 is 2.20 bits per heavy atom. The minimum absolute atomic E-state index is 0.643. The van der Waals surface area contributed by atoms with Gasteiger partial charge in [0.1, 0.15) is 5.82 Å². The topological polar surface area (TPSA) is 28.2 Å². The van der Waals surface area contributed by atoms with Gasteiger partial charge in [0.25, 0.3) is 0 Å². The maximum absolute atomic E-state index is 4.85. The summed E-state index contributed by atoms with van der Waals surface area (Å²) in [4.78, 5) is 7.22. The summed E-state index contributed by atoms with van der Waals surface area (Å²) in [6.07, 6.45) is 4.50. The van der Waals surface area contributed by atoms with E-state index in [0.717, 1.165) is 24.4 Å². The zero-order valence-corrected chi connectivity index (χ0v) is 12.0. The molecule has 104 valence electrons. The molecule has 1 aromatic heterocycles. The molecule has 1 aromatic carbocycles. The normalized spacial score (nSPS) is 14.4. The second-order valence-corrected chi connectivity index (χ2v) is 5.36. The van der Waals surface area contributed by atoms with Gasteiger partial charge in [0.05, 0.1) is 5.52 Å². The lowest BCUT2D eigenvalue weighted by Crippen LogP contribution is -2.26. The maximum Gasteiger partial charge on any atom is 0.130 e.